The van der Waals surface area contributed by atoms with E-state index in [2.05, 4.69) is 31.2 Å². The van der Waals surface area contributed by atoms with Crippen molar-refractivity contribution < 1.29 is 0 Å². The van der Waals surface area contributed by atoms with Crippen LogP contribution in [0.3, 0.4) is 0 Å². The third-order valence-corrected chi connectivity index (χ3v) is 3.83. The van der Waals surface area contributed by atoms with Gasteiger partial charge in [-0.3, -0.25) is 0 Å². The number of hydrogen-bond donors (Lipinski definition) is 0. The number of unbranched alkanes of at least 4 members (excludes halogenated alkanes) is 1. The highest BCUT2D eigenvalue weighted by Gasteiger charge is 2.25. The van der Waals surface area contributed by atoms with Crippen molar-refractivity contribution in [3.05, 3.63) is 35.4 Å². The van der Waals surface area contributed by atoms with Crippen molar-refractivity contribution >= 4 is 11.6 Å². The van der Waals surface area contributed by atoms with Crippen molar-refractivity contribution in [3.63, 3.8) is 0 Å². The van der Waals surface area contributed by atoms with E-state index in [4.69, 9.17) is 11.6 Å². The van der Waals surface area contributed by atoms with Crippen molar-refractivity contribution in [3.8, 4) is 0 Å². The second-order valence-corrected chi connectivity index (χ2v) is 5.52. The molecule has 0 N–H and O–H groups in total. The second-order valence-electron chi connectivity index (χ2n) is 4.99. The first-order chi connectivity index (χ1) is 7.79. The van der Waals surface area contributed by atoms with Crippen LogP contribution in [-0.2, 0) is 6.42 Å². The molecule has 0 heterocycles. The molecule has 0 aliphatic heterocycles. The molecule has 0 bridgehead atoms. The lowest BCUT2D eigenvalue weighted by Crippen LogP contribution is -1.93. The second kappa shape index (κ2) is 5.72. The fourth-order valence-electron chi connectivity index (χ4n) is 2.06. The van der Waals surface area contributed by atoms with Crippen LogP contribution in [-0.4, -0.2) is 0 Å². The molecule has 2 rings (SSSR count). The molecule has 0 aromatic heterocycles. The molecule has 88 valence electrons. The predicted octanol–water partition coefficient (Wildman–Crippen LogP) is 5.11. The Balaban J connectivity index is 1.89. The van der Waals surface area contributed by atoms with E-state index in [-0.39, 0.29) is 5.38 Å². The van der Waals surface area contributed by atoms with E-state index in [0.29, 0.717) is 0 Å². The van der Waals surface area contributed by atoms with E-state index in [1.165, 1.54) is 43.2 Å². The molecule has 1 saturated carbocycles. The van der Waals surface area contributed by atoms with Gasteiger partial charge in [0.2, 0.25) is 0 Å². The molecule has 1 aromatic rings. The SMILES string of the molecule is CCCCc1ccc(C(Cl)CC2CC2)cc1. The topological polar surface area (TPSA) is 0 Å². The minimum Gasteiger partial charge on any atom is -0.118 e. The number of benzene rings is 1. The first-order valence-electron chi connectivity index (χ1n) is 6.52. The zero-order chi connectivity index (χ0) is 11.4. The van der Waals surface area contributed by atoms with Gasteiger partial charge < -0.3 is 0 Å². The molecule has 0 nitrogen and oxygen atoms in total. The average molecular weight is 237 g/mol. The summed E-state index contributed by atoms with van der Waals surface area (Å²) in [5, 5.41) is 0.229. The summed E-state index contributed by atoms with van der Waals surface area (Å²) < 4.78 is 0. The van der Waals surface area contributed by atoms with E-state index in [1.807, 2.05) is 0 Å². The molecule has 1 aliphatic rings. The van der Waals surface area contributed by atoms with Crippen LogP contribution < -0.4 is 0 Å². The molecule has 1 heteroatoms. The fraction of sp³-hybridized carbons (Fsp3) is 0.600. The minimum absolute atomic E-state index is 0.229. The Morgan fingerprint density at radius 3 is 2.50 bits per heavy atom. The highest BCUT2D eigenvalue weighted by atomic mass is 35.5. The van der Waals surface area contributed by atoms with E-state index < -0.39 is 0 Å². The van der Waals surface area contributed by atoms with Crippen molar-refractivity contribution in [2.24, 2.45) is 5.92 Å². The molecular formula is C15H21Cl. The lowest BCUT2D eigenvalue weighted by Gasteiger charge is -2.09. The third kappa shape index (κ3) is 3.52. The van der Waals surface area contributed by atoms with Gasteiger partial charge in [-0.05, 0) is 36.3 Å². The van der Waals surface area contributed by atoms with E-state index in [0.717, 1.165) is 12.3 Å². The van der Waals surface area contributed by atoms with Gasteiger partial charge in [-0.25, -0.2) is 0 Å². The molecule has 0 radical (unpaired) electrons. The zero-order valence-corrected chi connectivity index (χ0v) is 10.8. The lowest BCUT2D eigenvalue weighted by molar-refractivity contribution is 0.706. The molecule has 0 spiro atoms. The summed E-state index contributed by atoms with van der Waals surface area (Å²) in [6, 6.07) is 8.91. The van der Waals surface area contributed by atoms with Gasteiger partial charge in [0, 0.05) is 0 Å². The zero-order valence-electron chi connectivity index (χ0n) is 10.1. The van der Waals surface area contributed by atoms with Crippen molar-refractivity contribution in [1.82, 2.24) is 0 Å². The Hall–Kier alpha value is -0.490. The van der Waals surface area contributed by atoms with Crippen LogP contribution in [0.25, 0.3) is 0 Å². The maximum absolute atomic E-state index is 6.40. The normalized spacial score (nSPS) is 17.4. The smallest absolute Gasteiger partial charge is 0.0587 e. The quantitative estimate of drug-likeness (QED) is 0.602. The Morgan fingerprint density at radius 2 is 1.94 bits per heavy atom. The van der Waals surface area contributed by atoms with Crippen LogP contribution in [0.4, 0.5) is 0 Å². The largest absolute Gasteiger partial charge is 0.118 e. The minimum atomic E-state index is 0.229. The summed E-state index contributed by atoms with van der Waals surface area (Å²) in [6.07, 6.45) is 7.69. The Labute approximate surface area is 104 Å². The van der Waals surface area contributed by atoms with Gasteiger partial charge in [0.25, 0.3) is 0 Å². The summed E-state index contributed by atoms with van der Waals surface area (Å²) in [7, 11) is 0. The fourth-order valence-corrected chi connectivity index (χ4v) is 2.45. The molecule has 1 fully saturated rings. The van der Waals surface area contributed by atoms with Crippen LogP contribution in [0.5, 0.6) is 0 Å². The molecule has 1 unspecified atom stereocenters. The Bertz CT molecular complexity index is 311. The van der Waals surface area contributed by atoms with Crippen LogP contribution in [0.15, 0.2) is 24.3 Å². The first kappa shape index (κ1) is 12.0. The number of rotatable bonds is 6. The maximum Gasteiger partial charge on any atom is 0.0587 e. The van der Waals surface area contributed by atoms with Crippen LogP contribution in [0.1, 0.15) is 55.5 Å². The van der Waals surface area contributed by atoms with Crippen LogP contribution >= 0.6 is 11.6 Å². The summed E-state index contributed by atoms with van der Waals surface area (Å²) in [6.45, 7) is 2.23. The van der Waals surface area contributed by atoms with Crippen LogP contribution in [0, 0.1) is 5.92 Å². The average Bonchev–Trinajstić information content (AvgIpc) is 3.11. The van der Waals surface area contributed by atoms with E-state index in [1.54, 1.807) is 0 Å². The molecule has 0 amide bonds. The molecule has 1 atom stereocenters. The van der Waals surface area contributed by atoms with Gasteiger partial charge >= 0.3 is 0 Å². The van der Waals surface area contributed by atoms with E-state index >= 15 is 0 Å². The maximum atomic E-state index is 6.40. The monoisotopic (exact) mass is 236 g/mol. The van der Waals surface area contributed by atoms with Crippen LogP contribution in [0.2, 0.25) is 0 Å². The molecular weight excluding hydrogens is 216 g/mol. The highest BCUT2D eigenvalue weighted by Crippen LogP contribution is 2.40. The number of halogens is 1. The molecule has 16 heavy (non-hydrogen) atoms. The number of aryl methyl sites for hydroxylation is 1. The van der Waals surface area contributed by atoms with Crippen molar-refractivity contribution in [2.45, 2.75) is 50.8 Å². The summed E-state index contributed by atoms with van der Waals surface area (Å²) in [5.74, 6) is 0.905. The number of alkyl halides is 1. The molecule has 1 aliphatic carbocycles. The van der Waals surface area contributed by atoms with Crippen molar-refractivity contribution in [2.75, 3.05) is 0 Å². The van der Waals surface area contributed by atoms with Gasteiger partial charge in [-0.1, -0.05) is 50.5 Å². The number of hydrogen-bond acceptors (Lipinski definition) is 0. The highest BCUT2D eigenvalue weighted by molar-refractivity contribution is 6.20. The predicted molar refractivity (Wildman–Crippen MR) is 71.0 cm³/mol. The summed E-state index contributed by atoms with van der Waals surface area (Å²) >= 11 is 6.40. The lowest BCUT2D eigenvalue weighted by atomic mass is 10.0. The molecule has 0 saturated heterocycles. The summed E-state index contributed by atoms with van der Waals surface area (Å²) in [4.78, 5) is 0. The summed E-state index contributed by atoms with van der Waals surface area (Å²) in [5.41, 5.74) is 2.75. The third-order valence-electron chi connectivity index (χ3n) is 3.40. The van der Waals surface area contributed by atoms with Gasteiger partial charge in [0.15, 0.2) is 0 Å². The first-order valence-corrected chi connectivity index (χ1v) is 6.96. The standard InChI is InChI=1S/C15H21Cl/c1-2-3-4-12-7-9-14(10-8-12)15(16)11-13-5-6-13/h7-10,13,15H,2-6,11H2,1H3. The van der Waals surface area contributed by atoms with Gasteiger partial charge in [-0.15, -0.1) is 11.6 Å². The van der Waals surface area contributed by atoms with Gasteiger partial charge in [-0.2, -0.15) is 0 Å². The van der Waals surface area contributed by atoms with Gasteiger partial charge in [0.1, 0.15) is 0 Å². The van der Waals surface area contributed by atoms with Gasteiger partial charge in [0.05, 0.1) is 5.38 Å². The van der Waals surface area contributed by atoms with E-state index in [9.17, 15) is 0 Å². The Morgan fingerprint density at radius 1 is 1.25 bits per heavy atom. The molecule has 1 aromatic carbocycles. The Kier molecular flexibility index (Phi) is 4.29. The van der Waals surface area contributed by atoms with Crippen molar-refractivity contribution in [1.29, 1.82) is 0 Å².